The number of nitrogens with two attached hydrogens (primary N) is 1. The number of anilines is 1. The number of nitrogen functional groups attached to an aromatic ring is 1. The van der Waals surface area contributed by atoms with Crippen LogP contribution in [-0.2, 0) is 6.42 Å². The Morgan fingerprint density at radius 3 is 2.53 bits per heavy atom. The molecule has 1 aromatic carbocycles. The van der Waals surface area contributed by atoms with Gasteiger partial charge < -0.3 is 10.8 Å². The van der Waals surface area contributed by atoms with Crippen LogP contribution in [0.2, 0.25) is 0 Å². The van der Waals surface area contributed by atoms with Crippen LogP contribution in [0.5, 0.6) is 0 Å². The van der Waals surface area contributed by atoms with Crippen LogP contribution >= 0.6 is 11.3 Å². The highest BCUT2D eigenvalue weighted by Crippen LogP contribution is 2.24. The summed E-state index contributed by atoms with van der Waals surface area (Å²) in [5, 5.41) is 9.36. The maximum Gasteiger partial charge on any atom is 0.355 e. The van der Waals surface area contributed by atoms with E-state index >= 15 is 0 Å². The summed E-state index contributed by atoms with van der Waals surface area (Å²) in [5.41, 5.74) is 7.98. The lowest BCUT2D eigenvalue weighted by atomic mass is 10.0. The first-order valence-electron chi connectivity index (χ1n) is 6.04. The number of benzene rings is 1. The summed E-state index contributed by atoms with van der Waals surface area (Å²) < 4.78 is 0. The molecular weight excluding hydrogens is 260 g/mol. The molecule has 0 aliphatic carbocycles. The lowest BCUT2D eigenvalue weighted by molar-refractivity contribution is 0.0690. The van der Waals surface area contributed by atoms with Crippen LogP contribution in [0.1, 0.15) is 46.3 Å². The number of carboxylic acid groups (broad SMARTS) is 1. The van der Waals surface area contributed by atoms with Gasteiger partial charge in [-0.1, -0.05) is 38.1 Å². The van der Waals surface area contributed by atoms with Crippen LogP contribution in [0.25, 0.3) is 0 Å². The Labute approximate surface area is 115 Å². The van der Waals surface area contributed by atoms with Crippen LogP contribution in [-0.4, -0.2) is 16.1 Å². The zero-order valence-corrected chi connectivity index (χ0v) is 11.7. The highest BCUT2D eigenvalue weighted by atomic mass is 32.1. The molecule has 2 aromatic rings. The van der Waals surface area contributed by atoms with Crippen LogP contribution in [0, 0.1) is 0 Å². The average Bonchev–Trinajstić information content (AvgIpc) is 2.71. The smallest absolute Gasteiger partial charge is 0.355 e. The summed E-state index contributed by atoms with van der Waals surface area (Å²) in [6.45, 7) is 4.28. The Hall–Kier alpha value is -1.88. The fourth-order valence-corrected chi connectivity index (χ4v) is 2.72. The van der Waals surface area contributed by atoms with E-state index in [2.05, 4.69) is 31.0 Å². The highest BCUT2D eigenvalue weighted by Gasteiger charge is 2.16. The van der Waals surface area contributed by atoms with Gasteiger partial charge in [0.1, 0.15) is 0 Å². The number of carboxylic acids is 1. The first kappa shape index (κ1) is 13.5. The van der Waals surface area contributed by atoms with Crippen molar-refractivity contribution in [2.45, 2.75) is 26.2 Å². The monoisotopic (exact) mass is 276 g/mol. The number of carbonyl (C=O) groups is 1. The standard InChI is InChI=1S/C14H16N2O2S/c1-8(2)10-5-3-9(4-6-10)7-11-12(13(17)18)16-14(15)19-11/h3-6,8H,7H2,1-2H3,(H2,15,16)(H,17,18). The van der Waals surface area contributed by atoms with Crippen molar-refractivity contribution in [3.8, 4) is 0 Å². The quantitative estimate of drug-likeness (QED) is 0.899. The molecule has 0 aliphatic rings. The Bertz CT molecular complexity index is 588. The zero-order valence-electron chi connectivity index (χ0n) is 10.9. The van der Waals surface area contributed by atoms with Gasteiger partial charge in [0.05, 0.1) is 0 Å². The number of hydrogen-bond donors (Lipinski definition) is 2. The van der Waals surface area contributed by atoms with E-state index in [1.807, 2.05) is 12.1 Å². The molecule has 0 saturated carbocycles. The van der Waals surface area contributed by atoms with E-state index < -0.39 is 5.97 Å². The van der Waals surface area contributed by atoms with E-state index in [9.17, 15) is 4.79 Å². The Kier molecular flexibility index (Phi) is 3.85. The molecule has 5 heteroatoms. The first-order valence-corrected chi connectivity index (χ1v) is 6.86. The minimum Gasteiger partial charge on any atom is -0.476 e. The van der Waals surface area contributed by atoms with Gasteiger partial charge in [-0.15, -0.1) is 11.3 Å². The van der Waals surface area contributed by atoms with Gasteiger partial charge in [-0.05, 0) is 17.0 Å². The van der Waals surface area contributed by atoms with Gasteiger partial charge in [0, 0.05) is 11.3 Å². The van der Waals surface area contributed by atoms with Crippen molar-refractivity contribution in [2.75, 3.05) is 5.73 Å². The van der Waals surface area contributed by atoms with Crippen LogP contribution < -0.4 is 5.73 Å². The molecule has 0 atom stereocenters. The fourth-order valence-electron chi connectivity index (χ4n) is 1.86. The molecule has 0 radical (unpaired) electrons. The third kappa shape index (κ3) is 3.12. The molecule has 0 aliphatic heterocycles. The number of aromatic nitrogens is 1. The molecule has 4 nitrogen and oxygen atoms in total. The van der Waals surface area contributed by atoms with E-state index in [0.717, 1.165) is 5.56 Å². The third-order valence-corrected chi connectivity index (χ3v) is 3.81. The lowest BCUT2D eigenvalue weighted by Gasteiger charge is -2.06. The van der Waals surface area contributed by atoms with Gasteiger partial charge in [0.15, 0.2) is 10.8 Å². The molecule has 100 valence electrons. The van der Waals surface area contributed by atoms with E-state index in [1.54, 1.807) is 0 Å². The van der Waals surface area contributed by atoms with Gasteiger partial charge in [0.2, 0.25) is 0 Å². The summed E-state index contributed by atoms with van der Waals surface area (Å²) in [6, 6.07) is 8.20. The highest BCUT2D eigenvalue weighted by molar-refractivity contribution is 7.15. The minimum absolute atomic E-state index is 0.0652. The molecule has 0 spiro atoms. The Morgan fingerprint density at radius 2 is 2.00 bits per heavy atom. The summed E-state index contributed by atoms with van der Waals surface area (Å²) in [4.78, 5) is 15.6. The number of aromatic carboxylic acids is 1. The first-order chi connectivity index (χ1) is 8.97. The molecule has 0 unspecified atom stereocenters. The van der Waals surface area contributed by atoms with Crippen molar-refractivity contribution in [3.63, 3.8) is 0 Å². The van der Waals surface area contributed by atoms with E-state index in [-0.39, 0.29) is 5.69 Å². The second-order valence-electron chi connectivity index (χ2n) is 4.70. The van der Waals surface area contributed by atoms with Crippen molar-refractivity contribution in [3.05, 3.63) is 46.0 Å². The van der Waals surface area contributed by atoms with Gasteiger partial charge in [-0.25, -0.2) is 9.78 Å². The van der Waals surface area contributed by atoms with Gasteiger partial charge in [-0.2, -0.15) is 0 Å². The van der Waals surface area contributed by atoms with Crippen LogP contribution in [0.4, 0.5) is 5.13 Å². The normalized spacial score (nSPS) is 10.9. The molecule has 19 heavy (non-hydrogen) atoms. The molecule has 1 aromatic heterocycles. The second-order valence-corrected chi connectivity index (χ2v) is 5.82. The minimum atomic E-state index is -1.03. The van der Waals surface area contributed by atoms with Crippen molar-refractivity contribution < 1.29 is 9.90 Å². The average molecular weight is 276 g/mol. The largest absolute Gasteiger partial charge is 0.476 e. The predicted octanol–water partition coefficient (Wildman–Crippen LogP) is 3.14. The fraction of sp³-hybridized carbons (Fsp3) is 0.286. The van der Waals surface area contributed by atoms with E-state index in [4.69, 9.17) is 10.8 Å². The number of rotatable bonds is 4. The van der Waals surface area contributed by atoms with Crippen LogP contribution in [0.3, 0.4) is 0 Å². The number of nitrogens with zero attached hydrogens (tertiary/aromatic N) is 1. The molecule has 0 fully saturated rings. The summed E-state index contributed by atoms with van der Waals surface area (Å²) in [6.07, 6.45) is 0.550. The van der Waals surface area contributed by atoms with Crippen molar-refractivity contribution in [2.24, 2.45) is 0 Å². The SMILES string of the molecule is CC(C)c1ccc(Cc2sc(N)nc2C(=O)O)cc1. The summed E-state index contributed by atoms with van der Waals surface area (Å²) in [5.74, 6) is -0.538. The number of hydrogen-bond acceptors (Lipinski definition) is 4. The molecule has 2 rings (SSSR count). The maximum atomic E-state index is 11.1. The molecule has 0 amide bonds. The zero-order chi connectivity index (χ0) is 14.0. The summed E-state index contributed by atoms with van der Waals surface area (Å²) >= 11 is 1.23. The van der Waals surface area contributed by atoms with Crippen molar-refractivity contribution in [1.82, 2.24) is 4.98 Å². The topological polar surface area (TPSA) is 76.2 Å². The van der Waals surface area contributed by atoms with Gasteiger partial charge in [-0.3, -0.25) is 0 Å². The third-order valence-electron chi connectivity index (χ3n) is 2.93. The van der Waals surface area contributed by atoms with Crippen molar-refractivity contribution in [1.29, 1.82) is 0 Å². The van der Waals surface area contributed by atoms with E-state index in [0.29, 0.717) is 22.3 Å². The van der Waals surface area contributed by atoms with E-state index in [1.165, 1.54) is 16.9 Å². The maximum absolute atomic E-state index is 11.1. The van der Waals surface area contributed by atoms with Crippen LogP contribution in [0.15, 0.2) is 24.3 Å². The summed E-state index contributed by atoms with van der Waals surface area (Å²) in [7, 11) is 0. The van der Waals surface area contributed by atoms with Gasteiger partial charge >= 0.3 is 5.97 Å². The lowest BCUT2D eigenvalue weighted by Crippen LogP contribution is -2.01. The molecular formula is C14H16N2O2S. The Morgan fingerprint density at radius 1 is 1.37 bits per heavy atom. The molecule has 1 heterocycles. The Balaban J connectivity index is 2.23. The van der Waals surface area contributed by atoms with Crippen molar-refractivity contribution >= 4 is 22.4 Å². The molecule has 3 N–H and O–H groups in total. The predicted molar refractivity (Wildman–Crippen MR) is 76.8 cm³/mol. The molecule has 0 saturated heterocycles. The second kappa shape index (κ2) is 5.40. The van der Waals surface area contributed by atoms with Gasteiger partial charge in [0.25, 0.3) is 0 Å². The molecule has 0 bridgehead atoms. The number of thiazole rings is 1.